The maximum Gasteiger partial charge on any atom is 0.242 e. The fraction of sp³-hybridized carbons (Fsp3) is 0.417. The number of nitrogens with one attached hydrogen (secondary N) is 3. The van der Waals surface area contributed by atoms with Crippen LogP contribution in [0.2, 0.25) is 0 Å². The molecular formula is C12H18N4O2S2. The predicted octanol–water partition coefficient (Wildman–Crippen LogP) is 1.45. The highest BCUT2D eigenvalue weighted by molar-refractivity contribution is 7.89. The van der Waals surface area contributed by atoms with E-state index in [2.05, 4.69) is 20.0 Å². The first-order valence-corrected chi connectivity index (χ1v) is 8.67. The molecule has 0 fully saturated rings. The second-order valence-electron chi connectivity index (χ2n) is 4.70. The van der Waals surface area contributed by atoms with Crippen molar-refractivity contribution in [2.45, 2.75) is 37.9 Å². The van der Waals surface area contributed by atoms with Gasteiger partial charge in [0.25, 0.3) is 0 Å². The van der Waals surface area contributed by atoms with E-state index in [1.165, 1.54) is 17.5 Å². The van der Waals surface area contributed by atoms with E-state index < -0.39 is 10.0 Å². The highest BCUT2D eigenvalue weighted by atomic mass is 32.2. The van der Waals surface area contributed by atoms with E-state index in [0.717, 1.165) is 11.4 Å². The topological polar surface area (TPSA) is 86.9 Å². The third-order valence-corrected chi connectivity index (χ3v) is 4.67. The molecule has 0 radical (unpaired) electrons. The number of hydrogen-bond donors (Lipinski definition) is 3. The lowest BCUT2D eigenvalue weighted by atomic mass is 10.3. The first kappa shape index (κ1) is 15.2. The van der Waals surface area contributed by atoms with Gasteiger partial charge in [0.05, 0.1) is 22.6 Å². The third kappa shape index (κ3) is 4.14. The zero-order valence-corrected chi connectivity index (χ0v) is 13.0. The molecule has 0 atom stereocenters. The van der Waals surface area contributed by atoms with Crippen molar-refractivity contribution in [1.29, 1.82) is 0 Å². The molecule has 2 heterocycles. The van der Waals surface area contributed by atoms with Gasteiger partial charge in [-0.1, -0.05) is 13.8 Å². The first-order chi connectivity index (χ1) is 9.47. The summed E-state index contributed by atoms with van der Waals surface area (Å²) in [5.41, 5.74) is 3.24. The summed E-state index contributed by atoms with van der Waals surface area (Å²) in [7, 11) is -3.50. The number of thiazole rings is 1. The molecule has 6 nitrogen and oxygen atoms in total. The standard InChI is InChI=1S/C12H18N4O2S2/c1-9(2)13-4-10-3-12(6-14-10)20(17,18)16-5-11-7-19-8-15-11/h3,6-9,13-14,16H,4-5H2,1-2H3. The van der Waals surface area contributed by atoms with Crippen molar-refractivity contribution in [3.63, 3.8) is 0 Å². The van der Waals surface area contributed by atoms with Gasteiger partial charge in [-0.2, -0.15) is 0 Å². The summed E-state index contributed by atoms with van der Waals surface area (Å²) < 4.78 is 26.7. The molecule has 2 aromatic heterocycles. The van der Waals surface area contributed by atoms with Gasteiger partial charge in [0.15, 0.2) is 0 Å². The number of hydrogen-bond acceptors (Lipinski definition) is 5. The van der Waals surface area contributed by atoms with Crippen LogP contribution in [0.25, 0.3) is 0 Å². The summed E-state index contributed by atoms with van der Waals surface area (Å²) in [6.45, 7) is 4.89. The molecule has 0 amide bonds. The average Bonchev–Trinajstić information content (AvgIpc) is 3.05. The molecule has 0 saturated heterocycles. The molecule has 0 unspecified atom stereocenters. The number of aromatic nitrogens is 2. The minimum absolute atomic E-state index is 0.205. The van der Waals surface area contributed by atoms with Crippen LogP contribution in [0.4, 0.5) is 0 Å². The zero-order chi connectivity index (χ0) is 14.6. The maximum absolute atomic E-state index is 12.1. The molecule has 110 valence electrons. The lowest BCUT2D eigenvalue weighted by Gasteiger charge is -2.05. The Morgan fingerprint density at radius 2 is 2.20 bits per heavy atom. The van der Waals surface area contributed by atoms with Gasteiger partial charge < -0.3 is 10.3 Å². The quantitative estimate of drug-likeness (QED) is 0.722. The second-order valence-corrected chi connectivity index (χ2v) is 7.19. The van der Waals surface area contributed by atoms with Gasteiger partial charge in [-0.05, 0) is 6.07 Å². The molecule has 0 aliphatic carbocycles. The Bertz CT molecular complexity index is 632. The monoisotopic (exact) mass is 314 g/mol. The Hall–Kier alpha value is -1.22. The summed E-state index contributed by atoms with van der Waals surface area (Å²) >= 11 is 1.44. The molecule has 0 aromatic carbocycles. The lowest BCUT2D eigenvalue weighted by Crippen LogP contribution is -2.23. The minimum atomic E-state index is -3.50. The smallest absolute Gasteiger partial charge is 0.242 e. The normalized spacial score (nSPS) is 12.2. The highest BCUT2D eigenvalue weighted by Crippen LogP contribution is 2.11. The highest BCUT2D eigenvalue weighted by Gasteiger charge is 2.16. The number of H-pyrrole nitrogens is 1. The van der Waals surface area contributed by atoms with E-state index in [4.69, 9.17) is 0 Å². The Morgan fingerprint density at radius 1 is 1.40 bits per heavy atom. The van der Waals surface area contributed by atoms with Crippen LogP contribution in [0, 0.1) is 0 Å². The fourth-order valence-electron chi connectivity index (χ4n) is 1.57. The average molecular weight is 314 g/mol. The zero-order valence-electron chi connectivity index (χ0n) is 11.4. The number of rotatable bonds is 7. The summed E-state index contributed by atoms with van der Waals surface area (Å²) in [5.74, 6) is 0. The maximum atomic E-state index is 12.1. The van der Waals surface area contributed by atoms with Gasteiger partial charge in [-0.25, -0.2) is 18.1 Å². The summed E-state index contributed by atoms with van der Waals surface area (Å²) in [6.07, 6.45) is 1.50. The van der Waals surface area contributed by atoms with E-state index in [1.54, 1.807) is 11.6 Å². The van der Waals surface area contributed by atoms with Crippen molar-refractivity contribution in [2.75, 3.05) is 0 Å². The van der Waals surface area contributed by atoms with Crippen molar-refractivity contribution in [2.24, 2.45) is 0 Å². The predicted molar refractivity (Wildman–Crippen MR) is 78.9 cm³/mol. The Morgan fingerprint density at radius 3 is 2.85 bits per heavy atom. The van der Waals surface area contributed by atoms with Crippen molar-refractivity contribution >= 4 is 21.4 Å². The molecule has 3 N–H and O–H groups in total. The SMILES string of the molecule is CC(C)NCc1cc(S(=O)(=O)NCc2cscn2)c[nH]1. The van der Waals surface area contributed by atoms with Gasteiger partial charge in [-0.3, -0.25) is 0 Å². The lowest BCUT2D eigenvalue weighted by molar-refractivity contribution is 0.579. The second kappa shape index (κ2) is 6.49. The van der Waals surface area contributed by atoms with E-state index in [9.17, 15) is 8.42 Å². The first-order valence-electron chi connectivity index (χ1n) is 6.25. The van der Waals surface area contributed by atoms with E-state index in [1.807, 2.05) is 19.2 Å². The molecule has 2 aromatic rings. The van der Waals surface area contributed by atoms with Gasteiger partial charge in [0.2, 0.25) is 10.0 Å². The van der Waals surface area contributed by atoms with Crippen molar-refractivity contribution in [3.8, 4) is 0 Å². The Balaban J connectivity index is 1.98. The Labute approximate surface area is 122 Å². The van der Waals surface area contributed by atoms with Crippen LogP contribution < -0.4 is 10.0 Å². The van der Waals surface area contributed by atoms with Crippen molar-refractivity contribution in [3.05, 3.63) is 34.5 Å². The molecule has 0 aliphatic rings. The summed E-state index contributed by atoms with van der Waals surface area (Å²) in [4.78, 5) is 7.25. The van der Waals surface area contributed by atoms with Crippen molar-refractivity contribution in [1.82, 2.24) is 20.0 Å². The van der Waals surface area contributed by atoms with Crippen molar-refractivity contribution < 1.29 is 8.42 Å². The molecule has 8 heteroatoms. The molecule has 0 saturated carbocycles. The third-order valence-electron chi connectivity index (χ3n) is 2.65. The van der Waals surface area contributed by atoms with Crippen LogP contribution in [-0.4, -0.2) is 24.4 Å². The molecule has 20 heavy (non-hydrogen) atoms. The van der Waals surface area contributed by atoms with Gasteiger partial charge in [0.1, 0.15) is 0 Å². The largest absolute Gasteiger partial charge is 0.363 e. The van der Waals surface area contributed by atoms with Crippen LogP contribution in [0.3, 0.4) is 0 Å². The van der Waals surface area contributed by atoms with E-state index in [0.29, 0.717) is 12.6 Å². The number of aromatic amines is 1. The van der Waals surface area contributed by atoms with E-state index in [-0.39, 0.29) is 11.4 Å². The molecular weight excluding hydrogens is 296 g/mol. The molecule has 0 aliphatic heterocycles. The van der Waals surface area contributed by atoms with Gasteiger partial charge >= 0.3 is 0 Å². The number of nitrogens with zero attached hydrogens (tertiary/aromatic N) is 1. The Kier molecular flexibility index (Phi) is 4.92. The summed E-state index contributed by atoms with van der Waals surface area (Å²) in [5, 5.41) is 5.04. The van der Waals surface area contributed by atoms with Gasteiger partial charge in [-0.15, -0.1) is 11.3 Å². The summed E-state index contributed by atoms with van der Waals surface area (Å²) in [6, 6.07) is 1.99. The van der Waals surface area contributed by atoms with Crippen LogP contribution >= 0.6 is 11.3 Å². The molecule has 0 spiro atoms. The fourth-order valence-corrected chi connectivity index (χ4v) is 3.14. The molecule has 0 bridgehead atoms. The number of sulfonamides is 1. The van der Waals surface area contributed by atoms with Gasteiger partial charge in [0, 0.05) is 29.9 Å². The minimum Gasteiger partial charge on any atom is -0.363 e. The van der Waals surface area contributed by atoms with E-state index >= 15 is 0 Å². The van der Waals surface area contributed by atoms with Crippen LogP contribution in [-0.2, 0) is 23.1 Å². The van der Waals surface area contributed by atoms with Crippen LogP contribution in [0.5, 0.6) is 0 Å². The van der Waals surface area contributed by atoms with Crippen LogP contribution in [0.15, 0.2) is 28.0 Å². The van der Waals surface area contributed by atoms with Crippen LogP contribution in [0.1, 0.15) is 25.2 Å². The molecule has 2 rings (SSSR count).